The summed E-state index contributed by atoms with van der Waals surface area (Å²) in [4.78, 5) is 24.8. The normalized spacial score (nSPS) is 10.5. The average Bonchev–Trinajstić information content (AvgIpc) is 2.71. The van der Waals surface area contributed by atoms with Crippen molar-refractivity contribution in [3.8, 4) is 0 Å². The number of rotatable bonds is 5. The Hall–Kier alpha value is -3.18. The van der Waals surface area contributed by atoms with Crippen LogP contribution in [0.3, 0.4) is 0 Å². The first-order valence-electron chi connectivity index (χ1n) is 8.87. The Bertz CT molecular complexity index is 1110. The third-order valence-electron chi connectivity index (χ3n) is 4.66. The number of hydrogen-bond donors (Lipinski definition) is 1. The van der Waals surface area contributed by atoms with Crippen LogP contribution in [0.4, 0.5) is 15.8 Å². The number of carbonyl (C=O) groups is 2. The molecule has 0 unspecified atom stereocenters. The summed E-state index contributed by atoms with van der Waals surface area (Å²) < 4.78 is 18.4. The van der Waals surface area contributed by atoms with E-state index in [4.69, 9.17) is 16.3 Å². The third kappa shape index (κ3) is 4.30. The molecule has 3 rings (SSSR count). The van der Waals surface area contributed by atoms with Gasteiger partial charge >= 0.3 is 5.97 Å². The Kier molecular flexibility index (Phi) is 5.99. The van der Waals surface area contributed by atoms with Crippen LogP contribution in [-0.4, -0.2) is 18.9 Å². The molecule has 29 heavy (non-hydrogen) atoms. The minimum atomic E-state index is -0.518. The maximum atomic E-state index is 13.7. The van der Waals surface area contributed by atoms with Crippen molar-refractivity contribution in [2.24, 2.45) is 0 Å². The summed E-state index contributed by atoms with van der Waals surface area (Å²) in [7, 11) is 1.28. The number of benzene rings is 3. The molecular formula is C23H19ClFNO3. The van der Waals surface area contributed by atoms with Crippen LogP contribution in [0.1, 0.15) is 37.4 Å². The molecular weight excluding hydrogens is 393 g/mol. The Balaban J connectivity index is 1.92. The third-order valence-corrected chi connectivity index (χ3v) is 4.98. The van der Waals surface area contributed by atoms with Crippen LogP contribution in [0, 0.1) is 19.7 Å². The van der Waals surface area contributed by atoms with Crippen molar-refractivity contribution in [2.45, 2.75) is 13.8 Å². The second-order valence-electron chi connectivity index (χ2n) is 6.58. The van der Waals surface area contributed by atoms with Gasteiger partial charge in [0.1, 0.15) is 5.82 Å². The van der Waals surface area contributed by atoms with Crippen LogP contribution in [-0.2, 0) is 4.74 Å². The number of anilines is 2. The molecule has 1 N–H and O–H groups in total. The number of methoxy groups -OCH3 is 1. The topological polar surface area (TPSA) is 55.4 Å². The van der Waals surface area contributed by atoms with Crippen molar-refractivity contribution in [3.63, 3.8) is 0 Å². The number of carbonyl (C=O) groups excluding carboxylic acids is 2. The van der Waals surface area contributed by atoms with Gasteiger partial charge in [-0.15, -0.1) is 0 Å². The Morgan fingerprint density at radius 1 is 1.00 bits per heavy atom. The molecule has 3 aromatic carbocycles. The number of halogens is 2. The molecule has 0 radical (unpaired) electrons. The molecule has 0 heterocycles. The molecule has 0 spiro atoms. The van der Waals surface area contributed by atoms with Crippen LogP contribution in [0.25, 0.3) is 0 Å². The monoisotopic (exact) mass is 411 g/mol. The largest absolute Gasteiger partial charge is 0.465 e. The van der Waals surface area contributed by atoms with E-state index in [2.05, 4.69) is 5.32 Å². The maximum Gasteiger partial charge on any atom is 0.337 e. The highest BCUT2D eigenvalue weighted by molar-refractivity contribution is 6.35. The summed E-state index contributed by atoms with van der Waals surface area (Å²) in [6.07, 6.45) is 0. The maximum absolute atomic E-state index is 13.7. The molecule has 4 nitrogen and oxygen atoms in total. The minimum absolute atomic E-state index is 0.247. The predicted octanol–water partition coefficient (Wildman–Crippen LogP) is 5.86. The fraction of sp³-hybridized carbons (Fsp3) is 0.130. The van der Waals surface area contributed by atoms with Crippen molar-refractivity contribution in [2.75, 3.05) is 12.4 Å². The highest BCUT2D eigenvalue weighted by Crippen LogP contribution is 2.28. The zero-order valence-electron chi connectivity index (χ0n) is 16.2. The molecule has 0 aromatic heterocycles. The standard InChI is InChI=1S/C23H19ClFNO3/c1-13-7-8-15(23(28)29-3)11-18(13)22(27)17-10-9-16(12-19(17)24)26-21-6-4-5-20(25)14(21)2/h4-12,26H,1-3H3. The van der Waals surface area contributed by atoms with Gasteiger partial charge in [-0.3, -0.25) is 4.79 Å². The fourth-order valence-electron chi connectivity index (χ4n) is 2.93. The van der Waals surface area contributed by atoms with Crippen LogP contribution < -0.4 is 5.32 Å². The molecule has 0 aliphatic rings. The van der Waals surface area contributed by atoms with Crippen LogP contribution in [0.5, 0.6) is 0 Å². The van der Waals surface area contributed by atoms with Gasteiger partial charge < -0.3 is 10.1 Å². The van der Waals surface area contributed by atoms with Crippen LogP contribution in [0.2, 0.25) is 5.02 Å². The summed E-state index contributed by atoms with van der Waals surface area (Å²) in [5.74, 6) is -1.13. The van der Waals surface area contributed by atoms with E-state index in [1.165, 1.54) is 19.2 Å². The quantitative estimate of drug-likeness (QED) is 0.422. The van der Waals surface area contributed by atoms with Crippen molar-refractivity contribution in [3.05, 3.63) is 93.3 Å². The number of esters is 1. The predicted molar refractivity (Wildman–Crippen MR) is 112 cm³/mol. The highest BCUT2D eigenvalue weighted by Gasteiger charge is 2.18. The van der Waals surface area contributed by atoms with Gasteiger partial charge in [-0.25, -0.2) is 9.18 Å². The lowest BCUT2D eigenvalue weighted by molar-refractivity contribution is 0.0600. The van der Waals surface area contributed by atoms with Crippen LogP contribution >= 0.6 is 11.6 Å². The summed E-state index contributed by atoms with van der Waals surface area (Å²) in [6.45, 7) is 3.46. The van der Waals surface area contributed by atoms with E-state index < -0.39 is 5.97 Å². The van der Waals surface area contributed by atoms with Gasteiger partial charge in [-0.2, -0.15) is 0 Å². The smallest absolute Gasteiger partial charge is 0.337 e. The van der Waals surface area contributed by atoms with Crippen LogP contribution in [0.15, 0.2) is 54.6 Å². The lowest BCUT2D eigenvalue weighted by atomic mass is 9.96. The van der Waals surface area contributed by atoms with Crippen molar-refractivity contribution < 1.29 is 18.7 Å². The van der Waals surface area contributed by atoms with Crippen molar-refractivity contribution in [1.82, 2.24) is 0 Å². The van der Waals surface area contributed by atoms with Crippen molar-refractivity contribution >= 4 is 34.7 Å². The van der Waals surface area contributed by atoms with E-state index in [9.17, 15) is 14.0 Å². The molecule has 0 bridgehead atoms. The fourth-order valence-corrected chi connectivity index (χ4v) is 3.20. The molecule has 0 fully saturated rings. The van der Waals surface area contributed by atoms with E-state index in [-0.39, 0.29) is 22.2 Å². The molecule has 0 saturated carbocycles. The van der Waals surface area contributed by atoms with Gasteiger partial charge in [0.2, 0.25) is 0 Å². The first kappa shape index (κ1) is 20.6. The average molecular weight is 412 g/mol. The van der Waals surface area contributed by atoms with E-state index in [0.29, 0.717) is 28.1 Å². The molecule has 0 aliphatic heterocycles. The lowest BCUT2D eigenvalue weighted by Crippen LogP contribution is -2.08. The molecule has 0 atom stereocenters. The first-order valence-corrected chi connectivity index (χ1v) is 9.25. The summed E-state index contributed by atoms with van der Waals surface area (Å²) in [6, 6.07) is 14.5. The van der Waals surface area contributed by atoms with Gasteiger partial charge in [0.15, 0.2) is 5.78 Å². The zero-order valence-corrected chi connectivity index (χ0v) is 16.9. The SMILES string of the molecule is COC(=O)c1ccc(C)c(C(=O)c2ccc(Nc3cccc(F)c3C)cc2Cl)c1. The first-order chi connectivity index (χ1) is 13.8. The summed E-state index contributed by atoms with van der Waals surface area (Å²) in [5, 5.41) is 3.35. The Morgan fingerprint density at radius 2 is 1.76 bits per heavy atom. The van der Waals surface area contributed by atoms with E-state index in [1.807, 2.05) is 0 Å². The summed E-state index contributed by atoms with van der Waals surface area (Å²) in [5.41, 5.74) is 3.41. The molecule has 0 saturated heterocycles. The lowest BCUT2D eigenvalue weighted by Gasteiger charge is -2.13. The van der Waals surface area contributed by atoms with Gasteiger partial charge in [-0.05, 0) is 61.9 Å². The number of aryl methyl sites for hydroxylation is 1. The minimum Gasteiger partial charge on any atom is -0.465 e. The molecule has 0 aliphatic carbocycles. The number of hydrogen-bond acceptors (Lipinski definition) is 4. The van der Waals surface area contributed by atoms with Gasteiger partial charge in [0.25, 0.3) is 0 Å². The zero-order chi connectivity index (χ0) is 21.1. The highest BCUT2D eigenvalue weighted by atomic mass is 35.5. The van der Waals surface area contributed by atoms with Gasteiger partial charge in [0, 0.05) is 28.1 Å². The second kappa shape index (κ2) is 8.45. The van der Waals surface area contributed by atoms with E-state index >= 15 is 0 Å². The second-order valence-corrected chi connectivity index (χ2v) is 6.99. The van der Waals surface area contributed by atoms with E-state index in [0.717, 1.165) is 5.56 Å². The van der Waals surface area contributed by atoms with Crippen molar-refractivity contribution in [1.29, 1.82) is 0 Å². The molecule has 0 amide bonds. The number of ketones is 1. The van der Waals surface area contributed by atoms with Gasteiger partial charge in [-0.1, -0.05) is 23.7 Å². The Labute approximate surface area is 173 Å². The Morgan fingerprint density at radius 3 is 2.45 bits per heavy atom. The molecule has 6 heteroatoms. The number of nitrogens with one attached hydrogen (secondary N) is 1. The summed E-state index contributed by atoms with van der Waals surface area (Å²) >= 11 is 6.37. The molecule has 3 aromatic rings. The number of ether oxygens (including phenoxy) is 1. The van der Waals surface area contributed by atoms with E-state index in [1.54, 1.807) is 56.3 Å². The molecule has 148 valence electrons. The van der Waals surface area contributed by atoms with Gasteiger partial charge in [0.05, 0.1) is 17.7 Å².